The Morgan fingerprint density at radius 1 is 0.955 bits per heavy atom. The van der Waals surface area contributed by atoms with Gasteiger partial charge in [0.15, 0.2) is 0 Å². The van der Waals surface area contributed by atoms with E-state index < -0.39 is 0 Å². The Morgan fingerprint density at radius 2 is 1.77 bits per heavy atom. The molecule has 1 saturated heterocycles. The van der Waals surface area contributed by atoms with Crippen LogP contribution in [0.15, 0.2) is 48.8 Å². The maximum Gasteiger partial charge on any atom is 0.143 e. The van der Waals surface area contributed by atoms with E-state index in [1.807, 2.05) is 11.0 Å². The molecule has 0 radical (unpaired) electrons. The fraction of sp³-hybridized carbons (Fsp3) is 0.176. The molecular weight excluding hydrogens is 284 g/mol. The van der Waals surface area contributed by atoms with Gasteiger partial charge in [0.1, 0.15) is 23.8 Å². The first-order valence-corrected chi connectivity index (χ1v) is 7.16. The minimum Gasteiger partial charge on any atom is -0.349 e. The van der Waals surface area contributed by atoms with Gasteiger partial charge >= 0.3 is 0 Å². The highest BCUT2D eigenvalue weighted by atomic mass is 19.1. The summed E-state index contributed by atoms with van der Waals surface area (Å²) in [5.74, 6) is -0.0640. The number of hydrogen-bond donors (Lipinski definition) is 0. The molecule has 0 amide bonds. The number of hydrogen-bond acceptors (Lipinski definition) is 3. The van der Waals surface area contributed by atoms with Gasteiger partial charge in [-0.3, -0.25) is 0 Å². The minimum atomic E-state index is -0.354. The van der Waals surface area contributed by atoms with E-state index in [0.29, 0.717) is 22.3 Å². The zero-order chi connectivity index (χ0) is 15.1. The number of anilines is 1. The van der Waals surface area contributed by atoms with Gasteiger partial charge < -0.3 is 4.90 Å². The summed E-state index contributed by atoms with van der Waals surface area (Å²) in [6, 6.07) is 11.4. The molecule has 5 heteroatoms. The first-order valence-electron chi connectivity index (χ1n) is 7.16. The number of benzene rings is 2. The monoisotopic (exact) mass is 297 g/mol. The lowest BCUT2D eigenvalue weighted by Gasteiger charge is -2.42. The Kier molecular flexibility index (Phi) is 2.99. The first kappa shape index (κ1) is 13.1. The number of rotatable bonds is 2. The Balaban J connectivity index is 1.82. The third kappa shape index (κ3) is 1.93. The third-order valence-corrected chi connectivity index (χ3v) is 4.15. The van der Waals surface area contributed by atoms with Crippen molar-refractivity contribution in [3.63, 3.8) is 0 Å². The van der Waals surface area contributed by atoms with Crippen LogP contribution in [-0.2, 0) is 0 Å². The molecule has 1 unspecified atom stereocenters. The highest BCUT2D eigenvalue weighted by Gasteiger charge is 2.33. The SMILES string of the molecule is Fc1ccccc1C1CCN1c1ncnc2cccc(F)c12. The zero-order valence-electron chi connectivity index (χ0n) is 11.7. The van der Waals surface area contributed by atoms with Gasteiger partial charge in [0.25, 0.3) is 0 Å². The largest absolute Gasteiger partial charge is 0.349 e. The Bertz CT molecular complexity index is 845. The summed E-state index contributed by atoms with van der Waals surface area (Å²) in [4.78, 5) is 10.3. The van der Waals surface area contributed by atoms with E-state index in [1.54, 1.807) is 24.3 Å². The van der Waals surface area contributed by atoms with Crippen molar-refractivity contribution >= 4 is 16.7 Å². The predicted molar refractivity (Wildman–Crippen MR) is 80.6 cm³/mol. The van der Waals surface area contributed by atoms with E-state index >= 15 is 0 Å². The lowest BCUT2D eigenvalue weighted by molar-refractivity contribution is 0.441. The first-order chi connectivity index (χ1) is 10.8. The van der Waals surface area contributed by atoms with Gasteiger partial charge in [0, 0.05) is 12.1 Å². The number of nitrogens with zero attached hydrogens (tertiary/aromatic N) is 3. The van der Waals surface area contributed by atoms with Gasteiger partial charge in [-0.1, -0.05) is 24.3 Å². The summed E-state index contributed by atoms with van der Waals surface area (Å²) in [6.45, 7) is 0.722. The van der Waals surface area contributed by atoms with Crippen LogP contribution in [0.4, 0.5) is 14.6 Å². The van der Waals surface area contributed by atoms with Crippen LogP contribution in [0.5, 0.6) is 0 Å². The van der Waals surface area contributed by atoms with Crippen molar-refractivity contribution < 1.29 is 8.78 Å². The molecule has 2 heterocycles. The smallest absolute Gasteiger partial charge is 0.143 e. The molecule has 2 aromatic carbocycles. The maximum atomic E-state index is 14.2. The van der Waals surface area contributed by atoms with Crippen LogP contribution in [0.2, 0.25) is 0 Å². The van der Waals surface area contributed by atoms with Crippen molar-refractivity contribution in [1.82, 2.24) is 9.97 Å². The molecule has 1 atom stereocenters. The fourth-order valence-electron chi connectivity index (χ4n) is 2.98. The van der Waals surface area contributed by atoms with Gasteiger partial charge in [-0.15, -0.1) is 0 Å². The normalized spacial score (nSPS) is 17.5. The van der Waals surface area contributed by atoms with Gasteiger partial charge in [-0.05, 0) is 24.6 Å². The Hall–Kier alpha value is -2.56. The summed E-state index contributed by atoms with van der Waals surface area (Å²) in [5, 5.41) is 0.394. The van der Waals surface area contributed by atoms with Crippen molar-refractivity contribution in [3.8, 4) is 0 Å². The van der Waals surface area contributed by atoms with Gasteiger partial charge in [0.05, 0.1) is 16.9 Å². The van der Waals surface area contributed by atoms with Crippen LogP contribution in [0.1, 0.15) is 18.0 Å². The highest BCUT2D eigenvalue weighted by molar-refractivity contribution is 5.90. The van der Waals surface area contributed by atoms with E-state index in [0.717, 1.165) is 13.0 Å². The van der Waals surface area contributed by atoms with Gasteiger partial charge in [0.2, 0.25) is 0 Å². The van der Waals surface area contributed by atoms with Crippen LogP contribution >= 0.6 is 0 Å². The quantitative estimate of drug-likeness (QED) is 0.719. The molecule has 1 aliphatic rings. The number of fused-ring (bicyclic) bond motifs is 1. The standard InChI is InChI=1S/C17H13F2N3/c18-12-5-2-1-4-11(12)15-8-9-22(15)17-16-13(19)6-3-7-14(16)20-10-21-17/h1-7,10,15H,8-9H2. The molecule has 110 valence electrons. The molecule has 3 aromatic rings. The lowest BCUT2D eigenvalue weighted by Crippen LogP contribution is -2.42. The van der Waals surface area contributed by atoms with E-state index in [4.69, 9.17) is 0 Å². The predicted octanol–water partition coefficient (Wildman–Crippen LogP) is 3.86. The molecule has 4 rings (SSSR count). The van der Waals surface area contributed by atoms with E-state index in [1.165, 1.54) is 18.5 Å². The summed E-state index contributed by atoms with van der Waals surface area (Å²) in [7, 11) is 0. The van der Waals surface area contributed by atoms with Gasteiger partial charge in [-0.2, -0.15) is 0 Å². The second kappa shape index (κ2) is 5.02. The summed E-state index contributed by atoms with van der Waals surface area (Å²) < 4.78 is 28.2. The molecule has 0 N–H and O–H groups in total. The van der Waals surface area contributed by atoms with Crippen LogP contribution in [-0.4, -0.2) is 16.5 Å². The van der Waals surface area contributed by atoms with Crippen molar-refractivity contribution in [2.24, 2.45) is 0 Å². The maximum absolute atomic E-state index is 14.2. The van der Waals surface area contributed by atoms with E-state index in [9.17, 15) is 8.78 Å². The second-order valence-corrected chi connectivity index (χ2v) is 5.35. The fourth-order valence-corrected chi connectivity index (χ4v) is 2.98. The molecule has 22 heavy (non-hydrogen) atoms. The van der Waals surface area contributed by atoms with Crippen molar-refractivity contribution in [2.75, 3.05) is 11.4 Å². The van der Waals surface area contributed by atoms with Crippen LogP contribution < -0.4 is 4.90 Å². The molecule has 1 aliphatic heterocycles. The lowest BCUT2D eigenvalue weighted by atomic mass is 9.94. The average Bonchev–Trinajstić information content (AvgIpc) is 2.49. The molecule has 0 aliphatic carbocycles. The molecule has 0 saturated carbocycles. The van der Waals surface area contributed by atoms with Crippen LogP contribution in [0.3, 0.4) is 0 Å². The molecule has 3 nitrogen and oxygen atoms in total. The highest BCUT2D eigenvalue weighted by Crippen LogP contribution is 2.40. The summed E-state index contributed by atoms with van der Waals surface area (Å²) >= 11 is 0. The van der Waals surface area contributed by atoms with Crippen LogP contribution in [0.25, 0.3) is 10.9 Å². The topological polar surface area (TPSA) is 29.0 Å². The Labute approximate surface area is 126 Å². The van der Waals surface area contributed by atoms with Crippen molar-refractivity contribution in [1.29, 1.82) is 0 Å². The Morgan fingerprint density at radius 3 is 2.55 bits per heavy atom. The number of aromatic nitrogens is 2. The van der Waals surface area contributed by atoms with Gasteiger partial charge in [-0.25, -0.2) is 18.7 Å². The summed E-state index contributed by atoms with van der Waals surface area (Å²) in [6.07, 6.45) is 2.24. The summed E-state index contributed by atoms with van der Waals surface area (Å²) in [5.41, 5.74) is 1.18. The van der Waals surface area contributed by atoms with Crippen molar-refractivity contribution in [3.05, 3.63) is 66.0 Å². The van der Waals surface area contributed by atoms with Crippen LogP contribution in [0, 0.1) is 11.6 Å². The molecule has 1 aromatic heterocycles. The average molecular weight is 297 g/mol. The minimum absolute atomic E-state index is 0.112. The van der Waals surface area contributed by atoms with E-state index in [2.05, 4.69) is 9.97 Å². The molecule has 0 spiro atoms. The molecule has 1 fully saturated rings. The van der Waals surface area contributed by atoms with Crippen molar-refractivity contribution in [2.45, 2.75) is 12.5 Å². The number of halogens is 2. The molecule has 0 bridgehead atoms. The zero-order valence-corrected chi connectivity index (χ0v) is 11.7. The van der Waals surface area contributed by atoms with E-state index in [-0.39, 0.29) is 17.7 Å². The molecular formula is C17H13F2N3. The third-order valence-electron chi connectivity index (χ3n) is 4.15. The second-order valence-electron chi connectivity index (χ2n) is 5.35.